The van der Waals surface area contributed by atoms with Crippen LogP contribution in [0.15, 0.2) is 12.3 Å². The lowest BCUT2D eigenvalue weighted by molar-refractivity contribution is 0.599. The predicted molar refractivity (Wildman–Crippen MR) is 85.4 cm³/mol. The number of rotatable bonds is 6. The van der Waals surface area contributed by atoms with E-state index in [-0.39, 0.29) is 17.5 Å². The smallest absolute Gasteiger partial charge is 0.227 e. The highest BCUT2D eigenvalue weighted by Crippen LogP contribution is 2.22. The summed E-state index contributed by atoms with van der Waals surface area (Å²) in [5, 5.41) is 3.27. The van der Waals surface area contributed by atoms with Crippen LogP contribution >= 0.6 is 0 Å². The van der Waals surface area contributed by atoms with Gasteiger partial charge in [-0.15, -0.1) is 0 Å². The van der Waals surface area contributed by atoms with Crippen LogP contribution in [0.25, 0.3) is 0 Å². The summed E-state index contributed by atoms with van der Waals surface area (Å²) in [6, 6.07) is 1.82. The fourth-order valence-electron chi connectivity index (χ4n) is 2.48. The second-order valence-electron chi connectivity index (χ2n) is 5.86. The molecule has 118 valence electrons. The Labute approximate surface area is 126 Å². The van der Waals surface area contributed by atoms with Crippen molar-refractivity contribution in [1.29, 1.82) is 0 Å². The van der Waals surface area contributed by atoms with Gasteiger partial charge in [-0.25, -0.2) is 13.4 Å². The topological polar surface area (TPSA) is 75.2 Å². The molecule has 1 aromatic heterocycles. The van der Waals surface area contributed by atoms with Crippen molar-refractivity contribution in [3.05, 3.63) is 12.3 Å². The maximum atomic E-state index is 11.7. The van der Waals surface area contributed by atoms with Crippen LogP contribution < -0.4 is 10.2 Å². The first-order valence-corrected chi connectivity index (χ1v) is 9.27. The lowest BCUT2D eigenvalue weighted by Gasteiger charge is -2.27. The van der Waals surface area contributed by atoms with Gasteiger partial charge in [0.1, 0.15) is 5.82 Å². The summed E-state index contributed by atoms with van der Waals surface area (Å²) >= 11 is 0. The summed E-state index contributed by atoms with van der Waals surface area (Å²) in [6.45, 7) is 7.82. The molecule has 1 fully saturated rings. The third-order valence-corrected chi connectivity index (χ3v) is 5.33. The molecule has 2 heterocycles. The highest BCUT2D eigenvalue weighted by molar-refractivity contribution is 7.91. The molecule has 1 aromatic rings. The average Bonchev–Trinajstić information content (AvgIpc) is 2.78. The molecule has 0 saturated carbocycles. The van der Waals surface area contributed by atoms with Crippen molar-refractivity contribution >= 4 is 21.6 Å². The molecule has 0 aliphatic carbocycles. The summed E-state index contributed by atoms with van der Waals surface area (Å²) in [5.74, 6) is 2.39. The second-order valence-corrected chi connectivity index (χ2v) is 8.09. The molecule has 0 amide bonds. The van der Waals surface area contributed by atoms with Crippen molar-refractivity contribution in [3.63, 3.8) is 0 Å². The maximum absolute atomic E-state index is 11.7. The normalized spacial score (nSPS) is 20.7. The molecule has 7 heteroatoms. The zero-order valence-electron chi connectivity index (χ0n) is 12.9. The Hall–Kier alpha value is -1.37. The zero-order chi connectivity index (χ0) is 15.5. The van der Waals surface area contributed by atoms with Crippen LogP contribution in [0.1, 0.15) is 27.2 Å². The van der Waals surface area contributed by atoms with E-state index in [2.05, 4.69) is 29.1 Å². The van der Waals surface area contributed by atoms with Crippen molar-refractivity contribution in [3.8, 4) is 0 Å². The van der Waals surface area contributed by atoms with E-state index >= 15 is 0 Å². The Morgan fingerprint density at radius 3 is 2.81 bits per heavy atom. The van der Waals surface area contributed by atoms with Crippen molar-refractivity contribution in [1.82, 2.24) is 9.97 Å². The number of anilines is 2. The SMILES string of the molecule is CCN(c1nccc(NCC(C)C)n1)C1CCS(=O)(=O)C1. The van der Waals surface area contributed by atoms with Crippen LogP contribution in [0.3, 0.4) is 0 Å². The molecule has 1 aliphatic heterocycles. The van der Waals surface area contributed by atoms with Gasteiger partial charge in [-0.05, 0) is 25.3 Å². The number of hydrogen-bond acceptors (Lipinski definition) is 6. The second kappa shape index (κ2) is 6.60. The molecule has 1 atom stereocenters. The van der Waals surface area contributed by atoms with E-state index in [1.54, 1.807) is 6.20 Å². The van der Waals surface area contributed by atoms with Crippen molar-refractivity contribution in [2.75, 3.05) is 34.8 Å². The van der Waals surface area contributed by atoms with Gasteiger partial charge in [0.15, 0.2) is 9.84 Å². The van der Waals surface area contributed by atoms with Crippen molar-refractivity contribution in [2.45, 2.75) is 33.2 Å². The monoisotopic (exact) mass is 312 g/mol. The van der Waals surface area contributed by atoms with Gasteiger partial charge < -0.3 is 10.2 Å². The Kier molecular flexibility index (Phi) is 5.03. The van der Waals surface area contributed by atoms with E-state index in [9.17, 15) is 8.42 Å². The quantitative estimate of drug-likeness (QED) is 0.859. The molecule has 0 aromatic carbocycles. The lowest BCUT2D eigenvalue weighted by Crippen LogP contribution is -2.37. The van der Waals surface area contributed by atoms with E-state index in [1.807, 2.05) is 17.9 Å². The van der Waals surface area contributed by atoms with E-state index in [0.29, 0.717) is 24.8 Å². The van der Waals surface area contributed by atoms with Gasteiger partial charge in [0.25, 0.3) is 0 Å². The van der Waals surface area contributed by atoms with E-state index in [1.165, 1.54) is 0 Å². The molecule has 2 rings (SSSR count). The standard InChI is InChI=1S/C14H24N4O2S/c1-4-18(12-6-8-21(19,20)10-12)14-15-7-5-13(17-14)16-9-11(2)3/h5,7,11-12H,4,6,8-10H2,1-3H3,(H,15,16,17). The third-order valence-electron chi connectivity index (χ3n) is 3.58. The molecule has 0 bridgehead atoms. The summed E-state index contributed by atoms with van der Waals surface area (Å²) < 4.78 is 23.3. The lowest BCUT2D eigenvalue weighted by atomic mass is 10.2. The minimum Gasteiger partial charge on any atom is -0.370 e. The highest BCUT2D eigenvalue weighted by atomic mass is 32.2. The molecule has 1 aliphatic rings. The van der Waals surface area contributed by atoms with Gasteiger partial charge in [-0.1, -0.05) is 13.8 Å². The van der Waals surface area contributed by atoms with Gasteiger partial charge in [0, 0.05) is 25.3 Å². The van der Waals surface area contributed by atoms with Gasteiger partial charge >= 0.3 is 0 Å². The summed E-state index contributed by atoms with van der Waals surface area (Å²) in [6.07, 6.45) is 2.38. The summed E-state index contributed by atoms with van der Waals surface area (Å²) in [4.78, 5) is 10.8. The van der Waals surface area contributed by atoms with Crippen molar-refractivity contribution in [2.24, 2.45) is 5.92 Å². The Balaban J connectivity index is 2.13. The van der Waals surface area contributed by atoms with E-state index < -0.39 is 9.84 Å². The molecule has 1 unspecified atom stereocenters. The van der Waals surface area contributed by atoms with Crippen molar-refractivity contribution < 1.29 is 8.42 Å². The number of nitrogens with one attached hydrogen (secondary N) is 1. The zero-order valence-corrected chi connectivity index (χ0v) is 13.7. The van der Waals surface area contributed by atoms with E-state index in [0.717, 1.165) is 12.4 Å². The molecular weight excluding hydrogens is 288 g/mol. The predicted octanol–water partition coefficient (Wildman–Crippen LogP) is 1.56. The maximum Gasteiger partial charge on any atom is 0.227 e. The third kappa shape index (κ3) is 4.30. The number of hydrogen-bond donors (Lipinski definition) is 1. The van der Waals surface area contributed by atoms with Crippen LogP contribution in [0.5, 0.6) is 0 Å². The number of nitrogens with zero attached hydrogens (tertiary/aromatic N) is 3. The van der Waals surface area contributed by atoms with Crippen LogP contribution in [0.4, 0.5) is 11.8 Å². The summed E-state index contributed by atoms with van der Waals surface area (Å²) in [5.41, 5.74) is 0. The summed E-state index contributed by atoms with van der Waals surface area (Å²) in [7, 11) is -2.90. The minimum absolute atomic E-state index is 0.0136. The van der Waals surface area contributed by atoms with Crippen LogP contribution in [0, 0.1) is 5.92 Å². The molecule has 0 radical (unpaired) electrons. The first-order valence-electron chi connectivity index (χ1n) is 7.45. The Morgan fingerprint density at radius 2 is 2.24 bits per heavy atom. The van der Waals surface area contributed by atoms with Crippen LogP contribution in [-0.2, 0) is 9.84 Å². The fraction of sp³-hybridized carbons (Fsp3) is 0.714. The molecule has 0 spiro atoms. The molecule has 6 nitrogen and oxygen atoms in total. The van der Waals surface area contributed by atoms with Crippen LogP contribution in [0.2, 0.25) is 0 Å². The molecule has 21 heavy (non-hydrogen) atoms. The van der Waals surface area contributed by atoms with Crippen LogP contribution in [-0.4, -0.2) is 49.0 Å². The Morgan fingerprint density at radius 1 is 1.48 bits per heavy atom. The highest BCUT2D eigenvalue weighted by Gasteiger charge is 2.32. The van der Waals surface area contributed by atoms with E-state index in [4.69, 9.17) is 0 Å². The van der Waals surface area contributed by atoms with Gasteiger partial charge in [0.05, 0.1) is 11.5 Å². The van der Waals surface area contributed by atoms with Gasteiger partial charge in [-0.3, -0.25) is 0 Å². The largest absolute Gasteiger partial charge is 0.370 e. The average molecular weight is 312 g/mol. The number of sulfone groups is 1. The Bertz CT molecular complexity index is 574. The molecule has 1 N–H and O–H groups in total. The fourth-order valence-corrected chi connectivity index (χ4v) is 4.21. The molecule has 1 saturated heterocycles. The first kappa shape index (κ1) is 16.0. The minimum atomic E-state index is -2.90. The van der Waals surface area contributed by atoms with Gasteiger partial charge in [-0.2, -0.15) is 4.98 Å². The van der Waals surface area contributed by atoms with Gasteiger partial charge in [0.2, 0.25) is 5.95 Å². The molecular formula is C14H24N4O2S. The first-order chi connectivity index (χ1) is 9.91. The number of aromatic nitrogens is 2.